The van der Waals surface area contributed by atoms with Gasteiger partial charge in [-0.05, 0) is 91.1 Å². The number of benzene rings is 3. The second-order valence-corrected chi connectivity index (χ2v) is 15.3. The Bertz CT molecular complexity index is 1400. The van der Waals surface area contributed by atoms with E-state index < -0.39 is 5.41 Å². The van der Waals surface area contributed by atoms with Gasteiger partial charge in [0.2, 0.25) is 0 Å². The summed E-state index contributed by atoms with van der Waals surface area (Å²) in [6.45, 7) is 40.2. The monoisotopic (exact) mass is 765 g/mol. The Labute approximate surface area is 338 Å². The molecule has 0 aliphatic carbocycles. The zero-order valence-corrected chi connectivity index (χ0v) is 38.2. The summed E-state index contributed by atoms with van der Waals surface area (Å²) in [5.74, 6) is 2.83. The molecule has 3 heterocycles. The number of rotatable bonds is 15. The van der Waals surface area contributed by atoms with Crippen LogP contribution in [0.1, 0.15) is 148 Å². The van der Waals surface area contributed by atoms with Gasteiger partial charge in [-0.3, -0.25) is 0 Å². The smallest absolute Gasteiger partial charge is 0.125 e. The van der Waals surface area contributed by atoms with Gasteiger partial charge in [0.05, 0.1) is 58.0 Å². The Morgan fingerprint density at radius 1 is 0.473 bits per heavy atom. The highest BCUT2D eigenvalue weighted by atomic mass is 16.6. The van der Waals surface area contributed by atoms with Crippen LogP contribution in [-0.4, -0.2) is 58.0 Å². The lowest BCUT2D eigenvalue weighted by molar-refractivity contribution is 0.280. The molecule has 0 radical (unpaired) electrons. The zero-order valence-electron chi connectivity index (χ0n) is 38.2. The molecule has 6 heteroatoms. The third kappa shape index (κ3) is 17.3. The minimum Gasteiger partial charge on any atom is -0.493 e. The van der Waals surface area contributed by atoms with Gasteiger partial charge in [-0.1, -0.05) is 119 Å². The zero-order chi connectivity index (χ0) is 41.8. The summed E-state index contributed by atoms with van der Waals surface area (Å²) < 4.78 is 34.6. The van der Waals surface area contributed by atoms with Crippen molar-refractivity contribution >= 4 is 0 Å². The molecule has 312 valence electrons. The molecule has 3 aromatic rings. The van der Waals surface area contributed by atoms with Crippen molar-refractivity contribution in [2.45, 2.75) is 161 Å². The fourth-order valence-corrected chi connectivity index (χ4v) is 5.81. The lowest BCUT2D eigenvalue weighted by Gasteiger charge is -2.34. The maximum absolute atomic E-state index is 6.25. The molecule has 0 bridgehead atoms. The van der Waals surface area contributed by atoms with Gasteiger partial charge in [-0.15, -0.1) is 0 Å². The molecule has 3 aromatic carbocycles. The van der Waals surface area contributed by atoms with Crippen LogP contribution in [0, 0.1) is 33.1 Å². The van der Waals surface area contributed by atoms with Crippen molar-refractivity contribution in [3.05, 3.63) is 87.5 Å². The minimum absolute atomic E-state index is 0.364. The van der Waals surface area contributed by atoms with Gasteiger partial charge in [-0.25, -0.2) is 0 Å². The van der Waals surface area contributed by atoms with E-state index in [1.165, 1.54) is 16.7 Å². The van der Waals surface area contributed by atoms with Gasteiger partial charge < -0.3 is 28.4 Å². The molecule has 0 saturated carbocycles. The van der Waals surface area contributed by atoms with E-state index in [1.54, 1.807) is 0 Å². The molecule has 6 nitrogen and oxygen atoms in total. The van der Waals surface area contributed by atoms with E-state index in [9.17, 15) is 0 Å². The van der Waals surface area contributed by atoms with Crippen LogP contribution in [-0.2, 0) is 19.6 Å². The number of ether oxygens (including phenoxy) is 6. The van der Waals surface area contributed by atoms with Crippen LogP contribution in [0.15, 0.2) is 48.5 Å². The van der Waals surface area contributed by atoms with E-state index in [0.717, 1.165) is 78.6 Å². The lowest BCUT2D eigenvalue weighted by Crippen LogP contribution is -2.26. The van der Waals surface area contributed by atoms with E-state index in [-0.39, 0.29) is 0 Å². The van der Waals surface area contributed by atoms with Crippen LogP contribution < -0.4 is 14.2 Å². The first-order valence-electron chi connectivity index (χ1n) is 21.4. The molecule has 3 saturated heterocycles. The number of epoxide rings is 3. The van der Waals surface area contributed by atoms with Crippen molar-refractivity contribution in [3.63, 3.8) is 0 Å². The van der Waals surface area contributed by atoms with Crippen molar-refractivity contribution in [2.24, 2.45) is 5.41 Å². The third-order valence-electron chi connectivity index (χ3n) is 8.83. The van der Waals surface area contributed by atoms with E-state index >= 15 is 0 Å². The average molecular weight is 765 g/mol. The Morgan fingerprint density at radius 3 is 1.05 bits per heavy atom. The summed E-state index contributed by atoms with van der Waals surface area (Å²) in [5, 5.41) is 0. The van der Waals surface area contributed by atoms with E-state index in [4.69, 9.17) is 28.4 Å². The SMILES string of the molecule is CC.CC.CC.CC.CC(C)(C)C.Cc1cc(C(C)(c2ccc(OCCC3CO3)c(C)c2)c2cc(C)c(OCCC3CO3)c(C)c2)ccc1OCCC1CO1. The molecule has 0 aromatic heterocycles. The summed E-state index contributed by atoms with van der Waals surface area (Å²) in [6.07, 6.45) is 3.89. The van der Waals surface area contributed by atoms with Gasteiger partial charge in [0.25, 0.3) is 0 Å². The van der Waals surface area contributed by atoms with Crippen LogP contribution in [0.3, 0.4) is 0 Å². The first-order valence-corrected chi connectivity index (χ1v) is 21.4. The summed E-state index contributed by atoms with van der Waals surface area (Å²) in [7, 11) is 0. The molecular formula is C49H80O6. The van der Waals surface area contributed by atoms with Crippen molar-refractivity contribution in [1.29, 1.82) is 0 Å². The summed E-state index contributed by atoms with van der Waals surface area (Å²) in [6, 6.07) is 17.8. The molecule has 6 rings (SSSR count). The second kappa shape index (κ2) is 25.2. The molecule has 3 atom stereocenters. The van der Waals surface area contributed by atoms with Crippen LogP contribution in [0.25, 0.3) is 0 Å². The summed E-state index contributed by atoms with van der Waals surface area (Å²) in [4.78, 5) is 0. The van der Waals surface area contributed by atoms with E-state index in [2.05, 4.69) is 111 Å². The number of aryl methyl sites for hydroxylation is 4. The highest BCUT2D eigenvalue weighted by Gasteiger charge is 2.34. The van der Waals surface area contributed by atoms with Crippen molar-refractivity contribution < 1.29 is 28.4 Å². The topological polar surface area (TPSA) is 65.3 Å². The molecule has 0 spiro atoms. The van der Waals surface area contributed by atoms with Crippen LogP contribution in [0.2, 0.25) is 0 Å². The molecular weight excluding hydrogens is 685 g/mol. The number of hydrogen-bond acceptors (Lipinski definition) is 6. The van der Waals surface area contributed by atoms with Gasteiger partial charge in [-0.2, -0.15) is 0 Å². The third-order valence-corrected chi connectivity index (χ3v) is 8.83. The predicted molar refractivity (Wildman–Crippen MR) is 234 cm³/mol. The Hall–Kier alpha value is -3.06. The van der Waals surface area contributed by atoms with Gasteiger partial charge in [0, 0.05) is 24.7 Å². The molecule has 3 aliphatic heterocycles. The van der Waals surface area contributed by atoms with Gasteiger partial charge in [0.15, 0.2) is 0 Å². The Kier molecular flexibility index (Phi) is 22.9. The predicted octanol–water partition coefficient (Wildman–Crippen LogP) is 12.9. The van der Waals surface area contributed by atoms with Crippen molar-refractivity contribution in [3.8, 4) is 17.2 Å². The van der Waals surface area contributed by atoms with Gasteiger partial charge in [0.1, 0.15) is 17.2 Å². The van der Waals surface area contributed by atoms with E-state index in [0.29, 0.717) is 43.5 Å². The average Bonchev–Trinajstić information content (AvgIpc) is 4.01. The van der Waals surface area contributed by atoms with E-state index in [1.807, 2.05) is 55.4 Å². The quantitative estimate of drug-likeness (QED) is 0.113. The Morgan fingerprint density at radius 2 is 0.764 bits per heavy atom. The first-order chi connectivity index (χ1) is 26.3. The maximum Gasteiger partial charge on any atom is 0.125 e. The summed E-state index contributed by atoms with van der Waals surface area (Å²) >= 11 is 0. The maximum atomic E-state index is 6.25. The molecule has 0 N–H and O–H groups in total. The fraction of sp³-hybridized carbons (Fsp3) is 0.633. The van der Waals surface area contributed by atoms with Gasteiger partial charge >= 0.3 is 0 Å². The Balaban J connectivity index is 0.00000104. The largest absolute Gasteiger partial charge is 0.493 e. The second-order valence-electron chi connectivity index (χ2n) is 15.3. The van der Waals surface area contributed by atoms with Crippen LogP contribution in [0.4, 0.5) is 0 Å². The van der Waals surface area contributed by atoms with Crippen molar-refractivity contribution in [1.82, 2.24) is 0 Å². The molecule has 3 fully saturated rings. The highest BCUT2D eigenvalue weighted by Crippen LogP contribution is 2.43. The molecule has 3 unspecified atom stereocenters. The van der Waals surface area contributed by atoms with Crippen molar-refractivity contribution in [2.75, 3.05) is 39.6 Å². The van der Waals surface area contributed by atoms with Crippen LogP contribution in [0.5, 0.6) is 17.2 Å². The lowest BCUT2D eigenvalue weighted by atomic mass is 9.70. The highest BCUT2D eigenvalue weighted by molar-refractivity contribution is 5.57. The molecule has 0 amide bonds. The number of hydrogen-bond donors (Lipinski definition) is 0. The minimum atomic E-state index is -0.411. The summed E-state index contributed by atoms with van der Waals surface area (Å²) in [5.41, 5.74) is 8.30. The normalized spacial score (nSPS) is 18.2. The van der Waals surface area contributed by atoms with Crippen LogP contribution >= 0.6 is 0 Å². The fourth-order valence-electron chi connectivity index (χ4n) is 5.81. The molecule has 3 aliphatic rings. The first kappa shape index (κ1) is 50.0. The standard InChI is InChI=1S/C36H44O6.C5H12.4C2H6/c1-23-16-27(6-8-33(23)37-13-10-30-20-40-30)36(5,28-7-9-34(24(2)17-28)38-14-11-31-21-41-31)29-18-25(3)35(26(4)19-29)39-15-12-32-22-42-32;1-5(2,3)4;4*1-2/h6-9,16-19,30-32H,10-15,20-22H2,1-5H3;1-4H3;4*1-2H3. The molecule has 55 heavy (non-hydrogen) atoms.